The molecule has 0 N–H and O–H groups in total. The van der Waals surface area contributed by atoms with Crippen LogP contribution in [0.1, 0.15) is 56.8 Å². The molecule has 1 amide bonds. The molecule has 0 bridgehead atoms. The minimum atomic E-state index is -4.37. The molecule has 2 aliphatic heterocycles. The van der Waals surface area contributed by atoms with Crippen LogP contribution in [0, 0.1) is 0 Å². The average molecular weight is 346 g/mol. The predicted molar refractivity (Wildman–Crippen MR) is 78.1 cm³/mol. The number of likely N-dealkylation sites (tertiary alicyclic amines) is 2. The van der Waals surface area contributed by atoms with Crippen molar-refractivity contribution in [1.82, 2.24) is 19.9 Å². The van der Waals surface area contributed by atoms with Gasteiger partial charge >= 0.3 is 6.18 Å². The third-order valence-corrected chi connectivity index (χ3v) is 4.58. The molecule has 6 nitrogen and oxygen atoms in total. The van der Waals surface area contributed by atoms with Gasteiger partial charge in [0.15, 0.2) is 5.82 Å². The Labute approximate surface area is 138 Å². The highest BCUT2D eigenvalue weighted by Gasteiger charge is 2.45. The molecule has 0 aliphatic carbocycles. The number of alkyl halides is 3. The minimum absolute atomic E-state index is 0.108. The van der Waals surface area contributed by atoms with E-state index < -0.39 is 24.7 Å². The highest BCUT2D eigenvalue weighted by molar-refractivity contribution is 5.84. The largest absolute Gasteiger partial charge is 0.406 e. The molecule has 3 rings (SSSR count). The number of carbonyl (C=O) groups is 1. The fourth-order valence-electron chi connectivity index (χ4n) is 3.46. The van der Waals surface area contributed by atoms with Gasteiger partial charge in [-0.25, -0.2) is 0 Å². The van der Waals surface area contributed by atoms with Gasteiger partial charge in [-0.15, -0.1) is 0 Å². The fourth-order valence-corrected chi connectivity index (χ4v) is 3.46. The van der Waals surface area contributed by atoms with Gasteiger partial charge in [0.1, 0.15) is 6.54 Å². The van der Waals surface area contributed by atoms with Gasteiger partial charge in [0.2, 0.25) is 11.8 Å². The number of hydrogen-bond donors (Lipinski definition) is 0. The van der Waals surface area contributed by atoms with Crippen LogP contribution in [0.3, 0.4) is 0 Å². The monoisotopic (exact) mass is 346 g/mol. The molecule has 9 heteroatoms. The van der Waals surface area contributed by atoms with E-state index >= 15 is 0 Å². The zero-order valence-corrected chi connectivity index (χ0v) is 13.7. The zero-order valence-electron chi connectivity index (χ0n) is 13.7. The predicted octanol–water partition coefficient (Wildman–Crippen LogP) is 2.49. The maximum Gasteiger partial charge on any atom is 0.406 e. The lowest BCUT2D eigenvalue weighted by molar-refractivity contribution is -0.159. The van der Waals surface area contributed by atoms with Crippen molar-refractivity contribution in [2.45, 2.75) is 57.3 Å². The number of hydrogen-bond acceptors (Lipinski definition) is 5. The second-order valence-corrected chi connectivity index (χ2v) is 6.72. The molecule has 1 aromatic heterocycles. The highest BCUT2D eigenvalue weighted by Crippen LogP contribution is 2.36. The van der Waals surface area contributed by atoms with E-state index in [-0.39, 0.29) is 18.5 Å². The molecule has 2 saturated heterocycles. The highest BCUT2D eigenvalue weighted by atomic mass is 19.4. The summed E-state index contributed by atoms with van der Waals surface area (Å²) < 4.78 is 42.9. The minimum Gasteiger partial charge on any atom is -0.339 e. The number of nitrogens with zero attached hydrogens (tertiary/aromatic N) is 4. The molecule has 2 atom stereocenters. The summed E-state index contributed by atoms with van der Waals surface area (Å²) in [6.45, 7) is 3.50. The molecule has 0 spiro atoms. The molecule has 2 fully saturated rings. The van der Waals surface area contributed by atoms with Gasteiger partial charge in [-0.2, -0.15) is 18.2 Å². The molecular formula is C15H21F3N4O2. The van der Waals surface area contributed by atoms with E-state index in [1.165, 1.54) is 0 Å². The summed E-state index contributed by atoms with van der Waals surface area (Å²) in [6, 6.07) is -0.693. The number of halogens is 3. The van der Waals surface area contributed by atoms with Crippen molar-refractivity contribution in [3.8, 4) is 0 Å². The lowest BCUT2D eigenvalue weighted by Gasteiger charge is -2.27. The van der Waals surface area contributed by atoms with Crippen molar-refractivity contribution in [3.63, 3.8) is 0 Å². The van der Waals surface area contributed by atoms with E-state index in [4.69, 9.17) is 4.52 Å². The first kappa shape index (κ1) is 17.2. The van der Waals surface area contributed by atoms with E-state index in [0.29, 0.717) is 24.7 Å². The maximum absolute atomic E-state index is 12.6. The molecule has 0 radical (unpaired) electrons. The van der Waals surface area contributed by atoms with Gasteiger partial charge in [-0.3, -0.25) is 9.69 Å². The second-order valence-electron chi connectivity index (χ2n) is 6.72. The van der Waals surface area contributed by atoms with Gasteiger partial charge in [-0.1, -0.05) is 19.0 Å². The number of aromatic nitrogens is 2. The number of carbonyl (C=O) groups excluding carboxylic acids is 1. The van der Waals surface area contributed by atoms with Crippen molar-refractivity contribution >= 4 is 5.91 Å². The van der Waals surface area contributed by atoms with Gasteiger partial charge in [0.05, 0.1) is 12.1 Å². The number of rotatable bonds is 4. The number of amides is 1. The van der Waals surface area contributed by atoms with E-state index in [1.54, 1.807) is 0 Å². The Morgan fingerprint density at radius 3 is 2.62 bits per heavy atom. The third-order valence-electron chi connectivity index (χ3n) is 4.58. The van der Waals surface area contributed by atoms with Gasteiger partial charge in [0.25, 0.3) is 0 Å². The van der Waals surface area contributed by atoms with Crippen LogP contribution in [-0.2, 0) is 4.79 Å². The van der Waals surface area contributed by atoms with Crippen LogP contribution in [0.4, 0.5) is 13.2 Å². The summed E-state index contributed by atoms with van der Waals surface area (Å²) in [4.78, 5) is 19.6. The standard InChI is InChI=1S/C15H21F3N4O2/c1-9(2)13-19-12(20-24-13)10-4-3-6-22(10)11-5-7-21(14(11)23)8-15(16,17)18/h9-11H,3-8H2,1-2H3/t10-,11-/m1/s1. The van der Waals surface area contributed by atoms with Crippen LogP contribution >= 0.6 is 0 Å². The van der Waals surface area contributed by atoms with E-state index in [0.717, 1.165) is 17.7 Å². The lowest BCUT2D eigenvalue weighted by atomic mass is 10.1. The lowest BCUT2D eigenvalue weighted by Crippen LogP contribution is -2.44. The van der Waals surface area contributed by atoms with Crippen molar-refractivity contribution in [1.29, 1.82) is 0 Å². The Hall–Kier alpha value is -1.64. The summed E-state index contributed by atoms with van der Waals surface area (Å²) in [6.07, 6.45) is -2.32. The van der Waals surface area contributed by atoms with Crippen LogP contribution in [-0.4, -0.2) is 57.7 Å². The smallest absolute Gasteiger partial charge is 0.339 e. The van der Waals surface area contributed by atoms with E-state index in [9.17, 15) is 18.0 Å². The van der Waals surface area contributed by atoms with Gasteiger partial charge < -0.3 is 9.42 Å². The molecule has 0 saturated carbocycles. The Kier molecular flexibility index (Phi) is 4.54. The molecule has 0 unspecified atom stereocenters. The normalized spacial score (nSPS) is 26.1. The van der Waals surface area contributed by atoms with Crippen molar-refractivity contribution < 1.29 is 22.5 Å². The van der Waals surface area contributed by atoms with E-state index in [1.807, 2.05) is 18.7 Å². The van der Waals surface area contributed by atoms with E-state index in [2.05, 4.69) is 10.1 Å². The average Bonchev–Trinajstić information content (AvgIpc) is 3.17. The summed E-state index contributed by atoms with van der Waals surface area (Å²) in [5.74, 6) is 0.717. The first-order valence-electron chi connectivity index (χ1n) is 8.21. The molecule has 0 aromatic carbocycles. The van der Waals surface area contributed by atoms with Crippen LogP contribution in [0.5, 0.6) is 0 Å². The quantitative estimate of drug-likeness (QED) is 0.838. The van der Waals surface area contributed by atoms with Gasteiger partial charge in [-0.05, 0) is 25.8 Å². The molecular weight excluding hydrogens is 325 g/mol. The maximum atomic E-state index is 12.6. The molecule has 2 aliphatic rings. The zero-order chi connectivity index (χ0) is 17.5. The topological polar surface area (TPSA) is 62.5 Å². The molecule has 134 valence electrons. The first-order valence-corrected chi connectivity index (χ1v) is 8.21. The third kappa shape index (κ3) is 3.40. The summed E-state index contributed by atoms with van der Waals surface area (Å²) in [5.41, 5.74) is 0. The Morgan fingerprint density at radius 2 is 2.00 bits per heavy atom. The summed E-state index contributed by atoms with van der Waals surface area (Å²) >= 11 is 0. The van der Waals surface area contributed by atoms with Crippen molar-refractivity contribution in [3.05, 3.63) is 11.7 Å². The van der Waals surface area contributed by atoms with Crippen LogP contribution in [0.15, 0.2) is 4.52 Å². The summed E-state index contributed by atoms with van der Waals surface area (Å²) in [7, 11) is 0. The molecule has 24 heavy (non-hydrogen) atoms. The Bertz CT molecular complexity index is 602. The first-order chi connectivity index (χ1) is 11.3. The van der Waals surface area contributed by atoms with Crippen molar-refractivity contribution in [2.75, 3.05) is 19.6 Å². The Morgan fingerprint density at radius 1 is 1.25 bits per heavy atom. The summed E-state index contributed by atoms with van der Waals surface area (Å²) in [5, 5.41) is 4.01. The SMILES string of the molecule is CC(C)c1nc([C@H]2CCCN2[C@@H]2CCN(CC(F)(F)F)C2=O)no1. The second kappa shape index (κ2) is 6.34. The van der Waals surface area contributed by atoms with Crippen LogP contribution < -0.4 is 0 Å². The van der Waals surface area contributed by atoms with Gasteiger partial charge in [0, 0.05) is 12.5 Å². The molecule has 3 heterocycles. The fraction of sp³-hybridized carbons (Fsp3) is 0.800. The van der Waals surface area contributed by atoms with Crippen LogP contribution in [0.2, 0.25) is 0 Å². The van der Waals surface area contributed by atoms with Crippen LogP contribution in [0.25, 0.3) is 0 Å². The molecule has 1 aromatic rings. The Balaban J connectivity index is 1.72. The van der Waals surface area contributed by atoms with Crippen molar-refractivity contribution in [2.24, 2.45) is 0 Å².